The Morgan fingerprint density at radius 1 is 1.21 bits per heavy atom. The maximum Gasteiger partial charge on any atom is 0.279 e. The second kappa shape index (κ2) is 6.27. The number of rotatable bonds is 5. The van der Waals surface area contributed by atoms with Crippen LogP contribution in [0.25, 0.3) is 11.6 Å². The van der Waals surface area contributed by atoms with Crippen molar-refractivity contribution in [3.05, 3.63) is 48.3 Å². The van der Waals surface area contributed by atoms with Crippen LogP contribution >= 0.6 is 0 Å². The highest BCUT2D eigenvalue weighted by Crippen LogP contribution is 2.36. The number of para-hydroxylation sites is 1. The van der Waals surface area contributed by atoms with Gasteiger partial charge in [0.25, 0.3) is 5.89 Å². The van der Waals surface area contributed by atoms with Crippen LogP contribution in [-0.2, 0) is 11.2 Å². The standard InChI is InChI=1S/C17H16N4O3/c22-15(18-12-7-2-1-3-8-12)9-14-20-17(24-21-14)13-10-23-16(19-13)11-5-4-6-11/h1-3,7-8,10-11H,4-6,9H2,(H,18,22). The monoisotopic (exact) mass is 324 g/mol. The van der Waals surface area contributed by atoms with Gasteiger partial charge in [0.2, 0.25) is 5.91 Å². The lowest BCUT2D eigenvalue weighted by atomic mass is 9.85. The number of hydrogen-bond acceptors (Lipinski definition) is 6. The molecule has 7 nitrogen and oxygen atoms in total. The van der Waals surface area contributed by atoms with Crippen LogP contribution < -0.4 is 5.32 Å². The first-order chi connectivity index (χ1) is 11.8. The number of oxazole rings is 1. The molecule has 1 saturated carbocycles. The molecule has 0 bridgehead atoms. The first kappa shape index (κ1) is 14.6. The fourth-order valence-corrected chi connectivity index (χ4v) is 2.53. The Balaban J connectivity index is 1.41. The van der Waals surface area contributed by atoms with E-state index in [0.29, 0.717) is 17.4 Å². The molecule has 0 radical (unpaired) electrons. The van der Waals surface area contributed by atoms with Gasteiger partial charge in [-0.3, -0.25) is 4.79 Å². The maximum absolute atomic E-state index is 12.0. The molecule has 2 heterocycles. The summed E-state index contributed by atoms with van der Waals surface area (Å²) in [5, 5.41) is 6.61. The van der Waals surface area contributed by atoms with E-state index in [4.69, 9.17) is 8.94 Å². The van der Waals surface area contributed by atoms with E-state index < -0.39 is 0 Å². The number of benzene rings is 1. The third kappa shape index (κ3) is 3.05. The number of amides is 1. The zero-order valence-electron chi connectivity index (χ0n) is 12.9. The quantitative estimate of drug-likeness (QED) is 0.774. The van der Waals surface area contributed by atoms with Crippen molar-refractivity contribution < 1.29 is 13.7 Å². The molecule has 7 heteroatoms. The summed E-state index contributed by atoms with van der Waals surface area (Å²) in [6.07, 6.45) is 4.98. The van der Waals surface area contributed by atoms with Crippen molar-refractivity contribution in [2.75, 3.05) is 5.32 Å². The average molecular weight is 324 g/mol. The van der Waals surface area contributed by atoms with Crippen LogP contribution in [0, 0.1) is 0 Å². The Labute approximate surface area is 138 Å². The highest BCUT2D eigenvalue weighted by Gasteiger charge is 2.25. The van der Waals surface area contributed by atoms with Crippen LogP contribution in [0.1, 0.15) is 36.9 Å². The van der Waals surface area contributed by atoms with E-state index in [9.17, 15) is 4.79 Å². The van der Waals surface area contributed by atoms with Gasteiger partial charge in [-0.25, -0.2) is 4.98 Å². The first-order valence-electron chi connectivity index (χ1n) is 7.91. The van der Waals surface area contributed by atoms with Crippen LogP contribution in [0.2, 0.25) is 0 Å². The van der Waals surface area contributed by atoms with Crippen LogP contribution in [0.4, 0.5) is 5.69 Å². The predicted molar refractivity (Wildman–Crippen MR) is 85.2 cm³/mol. The van der Waals surface area contributed by atoms with E-state index in [1.807, 2.05) is 30.3 Å². The van der Waals surface area contributed by atoms with Gasteiger partial charge >= 0.3 is 0 Å². The highest BCUT2D eigenvalue weighted by molar-refractivity contribution is 5.91. The zero-order chi connectivity index (χ0) is 16.4. The summed E-state index contributed by atoms with van der Waals surface area (Å²) >= 11 is 0. The number of anilines is 1. The number of hydrogen-bond donors (Lipinski definition) is 1. The van der Waals surface area contributed by atoms with Crippen LogP contribution in [-0.4, -0.2) is 21.0 Å². The lowest BCUT2D eigenvalue weighted by molar-refractivity contribution is -0.115. The number of aromatic nitrogens is 3. The van der Waals surface area contributed by atoms with E-state index >= 15 is 0 Å². The number of carbonyl (C=O) groups is 1. The van der Waals surface area contributed by atoms with Gasteiger partial charge in [-0.1, -0.05) is 29.8 Å². The summed E-state index contributed by atoms with van der Waals surface area (Å²) in [6, 6.07) is 9.23. The number of nitrogens with zero attached hydrogens (tertiary/aromatic N) is 3. The summed E-state index contributed by atoms with van der Waals surface area (Å²) in [4.78, 5) is 20.6. The Hall–Kier alpha value is -2.96. The van der Waals surface area contributed by atoms with Crippen LogP contribution in [0.3, 0.4) is 0 Å². The molecule has 1 aliphatic carbocycles. The maximum atomic E-state index is 12.0. The molecule has 0 spiro atoms. The summed E-state index contributed by atoms with van der Waals surface area (Å²) in [5.74, 6) is 1.50. The van der Waals surface area contributed by atoms with Gasteiger partial charge in [-0.2, -0.15) is 4.98 Å². The highest BCUT2D eigenvalue weighted by atomic mass is 16.5. The molecule has 1 fully saturated rings. The molecule has 2 aromatic heterocycles. The molecule has 24 heavy (non-hydrogen) atoms. The molecule has 1 aliphatic rings. The van der Waals surface area contributed by atoms with Crippen molar-refractivity contribution in [2.45, 2.75) is 31.6 Å². The minimum absolute atomic E-state index is 0.0335. The molecular formula is C17H16N4O3. The topological polar surface area (TPSA) is 94.0 Å². The Morgan fingerprint density at radius 2 is 2.04 bits per heavy atom. The molecule has 3 aromatic rings. The van der Waals surface area contributed by atoms with E-state index in [0.717, 1.165) is 24.4 Å². The van der Waals surface area contributed by atoms with Crippen molar-refractivity contribution in [1.29, 1.82) is 0 Å². The van der Waals surface area contributed by atoms with Gasteiger partial charge in [0.15, 0.2) is 17.4 Å². The molecule has 0 unspecified atom stereocenters. The minimum Gasteiger partial charge on any atom is -0.448 e. The van der Waals surface area contributed by atoms with Gasteiger partial charge in [0, 0.05) is 11.6 Å². The van der Waals surface area contributed by atoms with Crippen molar-refractivity contribution in [1.82, 2.24) is 15.1 Å². The first-order valence-corrected chi connectivity index (χ1v) is 7.91. The minimum atomic E-state index is -0.205. The molecule has 1 aromatic carbocycles. The summed E-state index contributed by atoms with van der Waals surface area (Å²) in [5.41, 5.74) is 1.24. The van der Waals surface area contributed by atoms with Crippen molar-refractivity contribution in [2.24, 2.45) is 0 Å². The summed E-state index contributed by atoms with van der Waals surface area (Å²) in [6.45, 7) is 0. The second-order valence-electron chi connectivity index (χ2n) is 5.81. The largest absolute Gasteiger partial charge is 0.448 e. The third-order valence-electron chi connectivity index (χ3n) is 4.04. The zero-order valence-corrected chi connectivity index (χ0v) is 12.9. The van der Waals surface area contributed by atoms with Crippen molar-refractivity contribution in [3.8, 4) is 11.6 Å². The Bertz CT molecular complexity index is 836. The molecule has 0 aliphatic heterocycles. The van der Waals surface area contributed by atoms with Crippen molar-refractivity contribution in [3.63, 3.8) is 0 Å². The van der Waals surface area contributed by atoms with E-state index in [2.05, 4.69) is 20.4 Å². The second-order valence-corrected chi connectivity index (χ2v) is 5.81. The Morgan fingerprint density at radius 3 is 2.79 bits per heavy atom. The van der Waals surface area contributed by atoms with Gasteiger partial charge < -0.3 is 14.3 Å². The lowest BCUT2D eigenvalue weighted by Crippen LogP contribution is -2.15. The van der Waals surface area contributed by atoms with Crippen molar-refractivity contribution >= 4 is 11.6 Å². The molecular weight excluding hydrogens is 308 g/mol. The molecule has 4 rings (SSSR count). The fraction of sp³-hybridized carbons (Fsp3) is 0.294. The average Bonchev–Trinajstić information content (AvgIpc) is 3.16. The number of nitrogens with one attached hydrogen (secondary N) is 1. The Kier molecular flexibility index (Phi) is 3.82. The van der Waals surface area contributed by atoms with Crippen LogP contribution in [0.5, 0.6) is 0 Å². The van der Waals surface area contributed by atoms with Gasteiger partial charge in [-0.15, -0.1) is 0 Å². The number of carbonyl (C=O) groups excluding carboxylic acids is 1. The SMILES string of the molecule is O=C(Cc1noc(-c2coc(C3CCC3)n2)n1)Nc1ccccc1. The predicted octanol–water partition coefficient (Wildman–Crippen LogP) is 3.17. The van der Waals surface area contributed by atoms with E-state index in [1.54, 1.807) is 0 Å². The summed E-state index contributed by atoms with van der Waals surface area (Å²) < 4.78 is 10.7. The smallest absolute Gasteiger partial charge is 0.279 e. The third-order valence-corrected chi connectivity index (χ3v) is 4.04. The molecule has 0 atom stereocenters. The van der Waals surface area contributed by atoms with Gasteiger partial charge in [-0.05, 0) is 25.0 Å². The van der Waals surface area contributed by atoms with Crippen LogP contribution in [0.15, 0.2) is 45.5 Å². The normalized spacial score (nSPS) is 14.3. The fourth-order valence-electron chi connectivity index (χ4n) is 2.53. The lowest BCUT2D eigenvalue weighted by Gasteiger charge is -2.21. The van der Waals surface area contributed by atoms with Gasteiger partial charge in [0.1, 0.15) is 6.26 Å². The van der Waals surface area contributed by atoms with E-state index in [1.165, 1.54) is 12.7 Å². The van der Waals surface area contributed by atoms with E-state index in [-0.39, 0.29) is 18.2 Å². The molecule has 122 valence electrons. The summed E-state index contributed by atoms with van der Waals surface area (Å²) in [7, 11) is 0. The molecule has 0 saturated heterocycles. The molecule has 1 N–H and O–H groups in total. The molecule has 1 amide bonds. The van der Waals surface area contributed by atoms with Gasteiger partial charge in [0.05, 0.1) is 6.42 Å².